The number of hydrogen-bond donors (Lipinski definition) is 1. The Balaban J connectivity index is 1.55. The van der Waals surface area contributed by atoms with Crippen LogP contribution in [0.3, 0.4) is 0 Å². The number of nitrogens with one attached hydrogen (secondary N) is 1. The van der Waals surface area contributed by atoms with Crippen LogP contribution in [0.1, 0.15) is 71.7 Å². The van der Waals surface area contributed by atoms with Crippen molar-refractivity contribution >= 4 is 46.4 Å². The molecule has 208 valence electrons. The number of methoxy groups -OCH3 is 1. The van der Waals surface area contributed by atoms with Crippen LogP contribution in [0.4, 0.5) is 11.4 Å². The number of hydrogen-bond acceptors (Lipinski definition) is 5. The highest BCUT2D eigenvalue weighted by Gasteiger charge is 2.64. The second kappa shape index (κ2) is 9.06. The average Bonchev–Trinajstić information content (AvgIpc) is 3.59. The molecule has 1 N–H and O–H groups in total. The van der Waals surface area contributed by atoms with Crippen LogP contribution in [0.25, 0.3) is 11.4 Å². The number of carbonyl (C=O) groups excluding carboxylic acids is 2. The number of amides is 2. The molecule has 0 saturated heterocycles. The molecule has 7 rings (SSSR count). The van der Waals surface area contributed by atoms with Gasteiger partial charge in [-0.2, -0.15) is 0 Å². The van der Waals surface area contributed by atoms with Gasteiger partial charge in [0.15, 0.2) is 11.2 Å². The minimum Gasteiger partial charge on any atom is -0.496 e. The van der Waals surface area contributed by atoms with E-state index in [0.717, 1.165) is 5.56 Å². The third-order valence-corrected chi connectivity index (χ3v) is 8.68. The minimum atomic E-state index is -1.57. The first kappa shape index (κ1) is 26.0. The van der Waals surface area contributed by atoms with Gasteiger partial charge in [0.2, 0.25) is 0 Å². The Bertz CT molecular complexity index is 1790. The molecule has 10 heteroatoms. The second-order valence-electron chi connectivity index (χ2n) is 11.1. The van der Waals surface area contributed by atoms with Crippen molar-refractivity contribution < 1.29 is 14.3 Å². The Labute approximate surface area is 247 Å². The summed E-state index contributed by atoms with van der Waals surface area (Å²) in [6.45, 7) is 5.81. The fourth-order valence-corrected chi connectivity index (χ4v) is 6.61. The summed E-state index contributed by atoms with van der Waals surface area (Å²) in [5, 5.41) is 3.81. The molecule has 1 fully saturated rings. The first-order chi connectivity index (χ1) is 19.7. The van der Waals surface area contributed by atoms with Gasteiger partial charge in [-0.25, -0.2) is 4.98 Å². The van der Waals surface area contributed by atoms with Gasteiger partial charge in [-0.1, -0.05) is 35.3 Å². The summed E-state index contributed by atoms with van der Waals surface area (Å²) in [6.07, 6.45) is 3.85. The number of rotatable bonds is 5. The summed E-state index contributed by atoms with van der Waals surface area (Å²) < 4.78 is 7.83. The van der Waals surface area contributed by atoms with Gasteiger partial charge in [0.05, 0.1) is 34.8 Å². The molecule has 0 bridgehead atoms. The van der Waals surface area contributed by atoms with E-state index in [1.54, 1.807) is 38.3 Å². The Hall–Kier alpha value is -3.88. The van der Waals surface area contributed by atoms with Gasteiger partial charge in [-0.3, -0.25) is 19.5 Å². The van der Waals surface area contributed by atoms with E-state index in [1.165, 1.54) is 29.5 Å². The van der Waals surface area contributed by atoms with Crippen molar-refractivity contribution in [3.05, 3.63) is 86.9 Å². The van der Waals surface area contributed by atoms with Crippen LogP contribution in [0.5, 0.6) is 5.75 Å². The zero-order valence-corrected chi connectivity index (χ0v) is 24.5. The predicted octanol–water partition coefficient (Wildman–Crippen LogP) is 6.88. The smallest absolute Gasteiger partial charge is 0.280 e. The second-order valence-corrected chi connectivity index (χ2v) is 12.0. The molecule has 1 aliphatic carbocycles. The molecule has 2 aromatic heterocycles. The topological polar surface area (TPSA) is 89.3 Å². The third-order valence-electron chi connectivity index (χ3n) is 8.24. The molecule has 3 aliphatic rings. The fraction of sp³-hybridized carbons (Fsp3) is 0.290. The van der Waals surface area contributed by atoms with Crippen LogP contribution in [0.2, 0.25) is 10.0 Å². The lowest BCUT2D eigenvalue weighted by atomic mass is 9.87. The van der Waals surface area contributed by atoms with Crippen LogP contribution in [-0.4, -0.2) is 33.5 Å². The number of aryl methyl sites for hydroxylation is 1. The Morgan fingerprint density at radius 1 is 1.07 bits per heavy atom. The van der Waals surface area contributed by atoms with Crippen LogP contribution in [-0.2, 0) is 10.3 Å². The van der Waals surface area contributed by atoms with Crippen molar-refractivity contribution in [3.63, 3.8) is 0 Å². The monoisotopic (exact) mass is 587 g/mol. The summed E-state index contributed by atoms with van der Waals surface area (Å²) in [4.78, 5) is 39.7. The number of fused-ring (bicyclic) bond motifs is 4. The maximum absolute atomic E-state index is 14.5. The minimum absolute atomic E-state index is 0.165. The van der Waals surface area contributed by atoms with Gasteiger partial charge < -0.3 is 14.6 Å². The number of nitrogens with zero attached hydrogens (tertiary/aromatic N) is 4. The van der Waals surface area contributed by atoms with Crippen molar-refractivity contribution in [2.45, 2.75) is 51.1 Å². The van der Waals surface area contributed by atoms with Crippen LogP contribution in [0.15, 0.2) is 48.7 Å². The van der Waals surface area contributed by atoms with Crippen molar-refractivity contribution in [2.24, 2.45) is 0 Å². The molecule has 2 aliphatic heterocycles. The summed E-state index contributed by atoms with van der Waals surface area (Å²) in [5.41, 5.74) is 3.21. The van der Waals surface area contributed by atoms with Crippen LogP contribution >= 0.6 is 23.2 Å². The highest BCUT2D eigenvalue weighted by molar-refractivity contribution is 6.32. The molecule has 4 heterocycles. The SMILES string of the molecule is COc1cc(C2CC2)ccc1-c1nc2c(n1C(C)C)[C@]1(C(=O)Nc3cc(Cl)ccc31)N(c1cc(Cl)cnc1C)C2=O. The first-order valence-corrected chi connectivity index (χ1v) is 14.3. The molecule has 2 amide bonds. The molecular weight excluding hydrogens is 561 g/mol. The lowest BCUT2D eigenvalue weighted by molar-refractivity contribution is -0.119. The molecule has 0 radical (unpaired) electrons. The molecule has 1 spiro atoms. The van der Waals surface area contributed by atoms with Gasteiger partial charge in [-0.15, -0.1) is 0 Å². The van der Waals surface area contributed by atoms with E-state index in [1.807, 2.05) is 24.5 Å². The van der Waals surface area contributed by atoms with Gasteiger partial charge >= 0.3 is 0 Å². The highest BCUT2D eigenvalue weighted by atomic mass is 35.5. The van der Waals surface area contributed by atoms with E-state index >= 15 is 0 Å². The Morgan fingerprint density at radius 2 is 1.85 bits per heavy atom. The van der Waals surface area contributed by atoms with Gasteiger partial charge in [0.25, 0.3) is 11.8 Å². The number of benzene rings is 2. The van der Waals surface area contributed by atoms with Crippen LogP contribution < -0.4 is 15.0 Å². The molecule has 1 saturated carbocycles. The largest absolute Gasteiger partial charge is 0.496 e. The Kier molecular flexibility index (Phi) is 5.76. The summed E-state index contributed by atoms with van der Waals surface area (Å²) in [6, 6.07) is 12.9. The number of halogens is 2. The van der Waals surface area contributed by atoms with Gasteiger partial charge in [0, 0.05) is 28.5 Å². The molecule has 1 atom stereocenters. The first-order valence-electron chi connectivity index (χ1n) is 13.6. The van der Waals surface area contributed by atoms with E-state index in [0.29, 0.717) is 55.9 Å². The molecule has 8 nitrogen and oxygen atoms in total. The lowest BCUT2D eigenvalue weighted by Gasteiger charge is -2.36. The maximum atomic E-state index is 14.5. The normalized spacial score (nSPS) is 19.2. The molecule has 41 heavy (non-hydrogen) atoms. The average molecular weight is 588 g/mol. The number of ether oxygens (including phenoxy) is 1. The van der Waals surface area contributed by atoms with Crippen molar-refractivity contribution in [1.82, 2.24) is 14.5 Å². The zero-order chi connectivity index (χ0) is 28.8. The van der Waals surface area contributed by atoms with E-state index in [2.05, 4.69) is 22.4 Å². The lowest BCUT2D eigenvalue weighted by Crippen LogP contribution is -2.51. The molecule has 2 aromatic carbocycles. The predicted molar refractivity (Wildman–Crippen MR) is 158 cm³/mol. The van der Waals surface area contributed by atoms with Crippen molar-refractivity contribution in [1.29, 1.82) is 0 Å². The zero-order valence-electron chi connectivity index (χ0n) is 23.0. The van der Waals surface area contributed by atoms with Crippen molar-refractivity contribution in [3.8, 4) is 17.1 Å². The summed E-state index contributed by atoms with van der Waals surface area (Å²) >= 11 is 12.7. The quantitative estimate of drug-likeness (QED) is 0.275. The van der Waals surface area contributed by atoms with Gasteiger partial charge in [0.1, 0.15) is 11.6 Å². The number of imidazole rings is 1. The highest BCUT2D eigenvalue weighted by Crippen LogP contribution is 2.55. The van der Waals surface area contributed by atoms with E-state index in [4.69, 9.17) is 32.9 Å². The number of pyridine rings is 1. The summed E-state index contributed by atoms with van der Waals surface area (Å²) in [5.74, 6) is 0.986. The maximum Gasteiger partial charge on any atom is 0.280 e. The summed E-state index contributed by atoms with van der Waals surface area (Å²) in [7, 11) is 1.64. The van der Waals surface area contributed by atoms with E-state index in [9.17, 15) is 9.59 Å². The fourth-order valence-electron chi connectivity index (χ4n) is 6.29. The van der Waals surface area contributed by atoms with E-state index < -0.39 is 11.4 Å². The number of anilines is 2. The van der Waals surface area contributed by atoms with Gasteiger partial charge in [-0.05, 0) is 75.4 Å². The Morgan fingerprint density at radius 3 is 2.56 bits per heavy atom. The molecule has 4 aromatic rings. The molecular formula is C31H27Cl2N5O3. The van der Waals surface area contributed by atoms with E-state index in [-0.39, 0.29) is 17.6 Å². The van der Waals surface area contributed by atoms with Crippen molar-refractivity contribution in [2.75, 3.05) is 17.3 Å². The third kappa shape index (κ3) is 3.60. The standard InChI is InChI=1S/C31H27Cl2N5O3/c1-15(2)37-27-26(36-28(37)21-9-7-18(17-5-6-17)11-25(21)41-4)29(39)38(24-13-20(33)14-34-16(24)3)31(27)22-10-8-19(32)12-23(22)35-30(31)40/h7-15,17H,5-6H2,1-4H3,(H,35,40)/t31-/m1/s1. The molecule has 0 unspecified atom stereocenters. The van der Waals surface area contributed by atoms with Crippen LogP contribution in [0, 0.1) is 6.92 Å². The number of carbonyl (C=O) groups is 2. The number of aromatic nitrogens is 3.